The molecule has 35 heavy (non-hydrogen) atoms. The van der Waals surface area contributed by atoms with Crippen LogP contribution in [0, 0.1) is 20.8 Å². The third-order valence-corrected chi connectivity index (χ3v) is 6.76. The van der Waals surface area contributed by atoms with Gasteiger partial charge in [-0.15, -0.1) is 0 Å². The lowest BCUT2D eigenvalue weighted by molar-refractivity contribution is 0.340. The Bertz CT molecular complexity index is 1350. The summed E-state index contributed by atoms with van der Waals surface area (Å²) < 4.78 is 7.88. The van der Waals surface area contributed by atoms with Crippen LogP contribution < -0.4 is 15.0 Å². The molecule has 3 aromatic heterocycles. The van der Waals surface area contributed by atoms with Crippen molar-refractivity contribution in [1.82, 2.24) is 19.9 Å². The van der Waals surface area contributed by atoms with Crippen molar-refractivity contribution in [1.29, 1.82) is 0 Å². The van der Waals surface area contributed by atoms with Crippen LogP contribution in [0.2, 0.25) is 0 Å². The summed E-state index contributed by atoms with van der Waals surface area (Å²) in [6.07, 6.45) is 3.69. The van der Waals surface area contributed by atoms with Crippen molar-refractivity contribution in [3.05, 3.63) is 101 Å². The number of thiocarbonyl (C=S) groups is 1. The summed E-state index contributed by atoms with van der Waals surface area (Å²) >= 11 is 5.89. The van der Waals surface area contributed by atoms with Crippen LogP contribution in [0.25, 0.3) is 5.82 Å². The zero-order valence-corrected chi connectivity index (χ0v) is 21.2. The van der Waals surface area contributed by atoms with Crippen molar-refractivity contribution >= 4 is 23.0 Å². The van der Waals surface area contributed by atoms with Crippen LogP contribution in [0.3, 0.4) is 0 Å². The van der Waals surface area contributed by atoms with Crippen LogP contribution in [0.4, 0.5) is 5.69 Å². The number of ether oxygens (including phenoxy) is 1. The molecule has 4 heterocycles. The molecule has 0 spiro atoms. The Labute approximate surface area is 211 Å². The monoisotopic (exact) mass is 483 g/mol. The Kier molecular flexibility index (Phi) is 6.26. The first-order valence-corrected chi connectivity index (χ1v) is 12.2. The Morgan fingerprint density at radius 3 is 2.46 bits per heavy atom. The molecule has 0 aliphatic carbocycles. The number of hydrogen-bond donors (Lipinski definition) is 1. The fourth-order valence-electron chi connectivity index (χ4n) is 4.90. The molecule has 0 amide bonds. The van der Waals surface area contributed by atoms with Gasteiger partial charge in [0.1, 0.15) is 11.6 Å². The van der Waals surface area contributed by atoms with Gasteiger partial charge in [0.15, 0.2) is 5.11 Å². The zero-order valence-electron chi connectivity index (χ0n) is 20.4. The lowest BCUT2D eigenvalue weighted by Gasteiger charge is -2.28. The topological polar surface area (TPSA) is 55.2 Å². The molecule has 0 unspecified atom stereocenters. The highest BCUT2D eigenvalue weighted by molar-refractivity contribution is 7.80. The van der Waals surface area contributed by atoms with E-state index in [0.29, 0.717) is 11.7 Å². The number of rotatable bonds is 6. The molecule has 1 N–H and O–H groups in total. The van der Waals surface area contributed by atoms with E-state index in [1.165, 1.54) is 11.1 Å². The highest BCUT2D eigenvalue weighted by Crippen LogP contribution is 2.43. The number of nitrogens with zero attached hydrogens (tertiary/aromatic N) is 4. The van der Waals surface area contributed by atoms with E-state index >= 15 is 0 Å². The Morgan fingerprint density at radius 1 is 0.971 bits per heavy atom. The largest absolute Gasteiger partial charge is 0.494 e. The number of aromatic nitrogens is 3. The molecule has 1 saturated heterocycles. The van der Waals surface area contributed by atoms with Gasteiger partial charge in [0, 0.05) is 29.5 Å². The Balaban J connectivity index is 1.64. The van der Waals surface area contributed by atoms with Gasteiger partial charge in [-0.3, -0.25) is 4.98 Å². The van der Waals surface area contributed by atoms with Crippen molar-refractivity contribution < 1.29 is 4.74 Å². The molecule has 5 rings (SSSR count). The summed E-state index contributed by atoms with van der Waals surface area (Å²) in [6.45, 7) is 8.98. The molecule has 6 nitrogen and oxygen atoms in total. The van der Waals surface area contributed by atoms with Gasteiger partial charge in [-0.25, -0.2) is 4.98 Å². The fourth-order valence-corrected chi connectivity index (χ4v) is 5.25. The van der Waals surface area contributed by atoms with Crippen molar-refractivity contribution in [2.45, 2.75) is 39.8 Å². The molecule has 4 aromatic rings. The third-order valence-electron chi connectivity index (χ3n) is 6.44. The molecule has 2 atom stereocenters. The zero-order chi connectivity index (χ0) is 24.5. The quantitative estimate of drug-likeness (QED) is 0.352. The van der Waals surface area contributed by atoms with Crippen LogP contribution in [-0.2, 0) is 0 Å². The molecule has 1 fully saturated rings. The Hall–Kier alpha value is -3.71. The summed E-state index contributed by atoms with van der Waals surface area (Å²) in [7, 11) is 0. The number of benzene rings is 1. The van der Waals surface area contributed by atoms with Gasteiger partial charge >= 0.3 is 0 Å². The van der Waals surface area contributed by atoms with Crippen LogP contribution in [-0.4, -0.2) is 26.3 Å². The van der Waals surface area contributed by atoms with Gasteiger partial charge in [-0.2, -0.15) is 0 Å². The average molecular weight is 484 g/mol. The van der Waals surface area contributed by atoms with Crippen LogP contribution >= 0.6 is 12.2 Å². The normalized spacial score (nSPS) is 17.5. The van der Waals surface area contributed by atoms with E-state index in [4.69, 9.17) is 17.0 Å². The predicted molar refractivity (Wildman–Crippen MR) is 143 cm³/mol. The second-order valence-electron chi connectivity index (χ2n) is 8.78. The summed E-state index contributed by atoms with van der Waals surface area (Å²) in [5, 5.41) is 4.22. The minimum atomic E-state index is -0.102. The highest BCUT2D eigenvalue weighted by atomic mass is 32.1. The highest BCUT2D eigenvalue weighted by Gasteiger charge is 2.42. The molecule has 0 radical (unpaired) electrons. The molecule has 0 bridgehead atoms. The van der Waals surface area contributed by atoms with E-state index in [1.807, 2.05) is 49.6 Å². The minimum Gasteiger partial charge on any atom is -0.494 e. The first-order chi connectivity index (χ1) is 17.0. The smallest absolute Gasteiger partial charge is 0.174 e. The van der Waals surface area contributed by atoms with Crippen molar-refractivity contribution in [3.63, 3.8) is 0 Å². The van der Waals surface area contributed by atoms with Gasteiger partial charge in [0.05, 0.1) is 24.4 Å². The maximum Gasteiger partial charge on any atom is 0.174 e. The standard InChI is InChI=1S/C28H29N5OS/c1-5-34-22-11-9-21(10-12-22)33-27(26(31-28(33)35)24-8-6-7-14-29-24)23-17-19(3)32(20(23)4)25-16-18(2)13-15-30-25/h6-17,26-27H,5H2,1-4H3,(H,31,35)/t26-,27-/m0/s1. The number of hydrogen-bond acceptors (Lipinski definition) is 4. The number of aryl methyl sites for hydroxylation is 2. The second-order valence-corrected chi connectivity index (χ2v) is 9.16. The molecule has 1 aliphatic rings. The van der Waals surface area contributed by atoms with Gasteiger partial charge in [0.25, 0.3) is 0 Å². The van der Waals surface area contributed by atoms with Crippen LogP contribution in [0.1, 0.15) is 47.2 Å². The SMILES string of the molecule is CCOc1ccc(N2C(=S)N[C@@H](c3ccccn3)[C@@H]2c2cc(C)n(-c3cc(C)ccn3)c2C)cc1. The van der Waals surface area contributed by atoms with Gasteiger partial charge in [0.2, 0.25) is 0 Å². The average Bonchev–Trinajstić information content (AvgIpc) is 3.35. The number of pyridine rings is 2. The lowest BCUT2D eigenvalue weighted by Crippen LogP contribution is -2.29. The molecule has 1 aromatic carbocycles. The predicted octanol–water partition coefficient (Wildman–Crippen LogP) is 5.77. The summed E-state index contributed by atoms with van der Waals surface area (Å²) in [6, 6.07) is 20.3. The number of anilines is 1. The third kappa shape index (κ3) is 4.28. The van der Waals surface area contributed by atoms with Crippen LogP contribution in [0.5, 0.6) is 5.75 Å². The van der Waals surface area contributed by atoms with Gasteiger partial charge in [-0.1, -0.05) is 6.07 Å². The molecule has 178 valence electrons. The van der Waals surface area contributed by atoms with Gasteiger partial charge in [-0.05, 0) is 106 Å². The van der Waals surface area contributed by atoms with Crippen molar-refractivity contribution in [2.75, 3.05) is 11.5 Å². The van der Waals surface area contributed by atoms with E-state index in [-0.39, 0.29) is 12.1 Å². The maximum atomic E-state index is 5.89. The second kappa shape index (κ2) is 9.50. The molecule has 0 saturated carbocycles. The minimum absolute atomic E-state index is 0.0832. The molecule has 1 aliphatic heterocycles. The lowest BCUT2D eigenvalue weighted by atomic mass is 9.96. The first-order valence-electron chi connectivity index (χ1n) is 11.8. The van der Waals surface area contributed by atoms with E-state index < -0.39 is 0 Å². The summed E-state index contributed by atoms with van der Waals surface area (Å²) in [4.78, 5) is 11.5. The van der Waals surface area contributed by atoms with E-state index in [2.05, 4.69) is 75.9 Å². The molecular weight excluding hydrogens is 454 g/mol. The summed E-state index contributed by atoms with van der Waals surface area (Å²) in [5.41, 5.74) is 6.58. The first kappa shape index (κ1) is 23.1. The van der Waals surface area contributed by atoms with Gasteiger partial charge < -0.3 is 19.5 Å². The van der Waals surface area contributed by atoms with E-state index in [0.717, 1.165) is 34.3 Å². The molecule has 7 heteroatoms. The van der Waals surface area contributed by atoms with Crippen LogP contribution in [0.15, 0.2) is 73.1 Å². The van der Waals surface area contributed by atoms with Crippen molar-refractivity contribution in [2.24, 2.45) is 0 Å². The van der Waals surface area contributed by atoms with Crippen molar-refractivity contribution in [3.8, 4) is 11.6 Å². The maximum absolute atomic E-state index is 5.89. The fraction of sp³-hybridized carbons (Fsp3) is 0.250. The molecular formula is C28H29N5OS. The summed E-state index contributed by atoms with van der Waals surface area (Å²) in [5.74, 6) is 1.76. The van der Waals surface area contributed by atoms with E-state index in [9.17, 15) is 0 Å². The Morgan fingerprint density at radius 2 is 1.77 bits per heavy atom. The number of nitrogens with one attached hydrogen (secondary N) is 1. The van der Waals surface area contributed by atoms with E-state index in [1.54, 1.807) is 0 Å².